The molecule has 128 valence electrons. The van der Waals surface area contributed by atoms with Crippen LogP contribution in [0.5, 0.6) is 5.75 Å². The number of rotatable bonds is 7. The molecule has 0 atom stereocenters. The number of hydrogen-bond acceptors (Lipinski definition) is 4. The highest BCUT2D eigenvalue weighted by Gasteiger charge is 2.15. The third-order valence-corrected chi connectivity index (χ3v) is 4.63. The van der Waals surface area contributed by atoms with Gasteiger partial charge in [-0.05, 0) is 49.4 Å². The lowest BCUT2D eigenvalue weighted by Crippen LogP contribution is -2.32. The fourth-order valence-corrected chi connectivity index (χ4v) is 3.07. The van der Waals surface area contributed by atoms with Crippen LogP contribution in [-0.4, -0.2) is 27.5 Å². The maximum atomic E-state index is 12.2. The van der Waals surface area contributed by atoms with Gasteiger partial charge in [0, 0.05) is 10.7 Å². The van der Waals surface area contributed by atoms with Gasteiger partial charge in [0.25, 0.3) is 0 Å². The Morgan fingerprint density at radius 2 is 1.88 bits per heavy atom. The van der Waals surface area contributed by atoms with Crippen molar-refractivity contribution in [3.63, 3.8) is 0 Å². The predicted octanol–water partition coefficient (Wildman–Crippen LogP) is 2.66. The van der Waals surface area contributed by atoms with Crippen LogP contribution in [0.4, 0.5) is 5.69 Å². The van der Waals surface area contributed by atoms with Crippen molar-refractivity contribution < 1.29 is 17.9 Å². The molecule has 0 spiro atoms. The van der Waals surface area contributed by atoms with Crippen molar-refractivity contribution in [2.75, 3.05) is 18.5 Å². The number of halogens is 1. The Bertz CT molecular complexity index is 807. The van der Waals surface area contributed by atoms with Gasteiger partial charge in [-0.15, -0.1) is 0 Å². The monoisotopic (exact) mass is 368 g/mol. The van der Waals surface area contributed by atoms with E-state index in [1.54, 1.807) is 36.4 Å². The molecule has 0 aliphatic heterocycles. The first-order chi connectivity index (χ1) is 11.4. The third kappa shape index (κ3) is 5.23. The van der Waals surface area contributed by atoms with Crippen molar-refractivity contribution >= 4 is 33.2 Å². The number of carbonyl (C=O) groups is 1. The lowest BCUT2D eigenvalue weighted by Gasteiger charge is -2.09. The molecule has 0 fully saturated rings. The zero-order chi connectivity index (χ0) is 17.6. The lowest BCUT2D eigenvalue weighted by molar-refractivity contribution is -0.115. The molecule has 0 radical (unpaired) electrons. The Labute approximate surface area is 145 Å². The molecule has 0 saturated heterocycles. The second kappa shape index (κ2) is 8.14. The summed E-state index contributed by atoms with van der Waals surface area (Å²) in [6.07, 6.45) is 0. The summed E-state index contributed by atoms with van der Waals surface area (Å²) in [5.41, 5.74) is 0.493. The van der Waals surface area contributed by atoms with E-state index in [1.807, 2.05) is 6.92 Å². The minimum Gasteiger partial charge on any atom is -0.494 e. The van der Waals surface area contributed by atoms with E-state index in [-0.39, 0.29) is 11.4 Å². The van der Waals surface area contributed by atoms with E-state index in [4.69, 9.17) is 16.3 Å². The van der Waals surface area contributed by atoms with Crippen LogP contribution < -0.4 is 14.8 Å². The fraction of sp³-hybridized carbons (Fsp3) is 0.188. The summed E-state index contributed by atoms with van der Waals surface area (Å²) in [4.78, 5) is 11.9. The predicted molar refractivity (Wildman–Crippen MR) is 92.9 cm³/mol. The van der Waals surface area contributed by atoms with Crippen LogP contribution in [0.15, 0.2) is 53.4 Å². The molecule has 0 bridgehead atoms. The Hall–Kier alpha value is -2.09. The van der Waals surface area contributed by atoms with Crippen LogP contribution in [0.1, 0.15) is 6.92 Å². The summed E-state index contributed by atoms with van der Waals surface area (Å²) >= 11 is 5.82. The second-order valence-electron chi connectivity index (χ2n) is 4.79. The van der Waals surface area contributed by atoms with Gasteiger partial charge in [-0.25, -0.2) is 13.1 Å². The highest BCUT2D eigenvalue weighted by molar-refractivity contribution is 7.89. The minimum absolute atomic E-state index is 0.0570. The number of anilines is 1. The summed E-state index contributed by atoms with van der Waals surface area (Å²) in [6, 6.07) is 12.5. The summed E-state index contributed by atoms with van der Waals surface area (Å²) in [5.74, 6) is 0.0851. The molecule has 0 saturated carbocycles. The Kier molecular flexibility index (Phi) is 6.19. The molecule has 2 aromatic carbocycles. The van der Waals surface area contributed by atoms with E-state index in [0.717, 1.165) is 0 Å². The summed E-state index contributed by atoms with van der Waals surface area (Å²) in [5, 5.41) is 3.04. The van der Waals surface area contributed by atoms with Gasteiger partial charge in [-0.1, -0.05) is 17.7 Å². The number of hydrogen-bond donors (Lipinski definition) is 2. The number of ether oxygens (including phenoxy) is 1. The van der Waals surface area contributed by atoms with Crippen molar-refractivity contribution in [2.24, 2.45) is 0 Å². The second-order valence-corrected chi connectivity index (χ2v) is 6.99. The lowest BCUT2D eigenvalue weighted by atomic mass is 10.3. The molecule has 0 aromatic heterocycles. The SMILES string of the molecule is CCOc1ccc(S(=O)(=O)NCC(=O)Nc2cccc(Cl)c2)cc1. The van der Waals surface area contributed by atoms with E-state index in [9.17, 15) is 13.2 Å². The molecular formula is C16H17ClN2O4S. The molecule has 8 heteroatoms. The van der Waals surface area contributed by atoms with Crippen LogP contribution in [0.25, 0.3) is 0 Å². The highest BCUT2D eigenvalue weighted by Crippen LogP contribution is 2.16. The first-order valence-electron chi connectivity index (χ1n) is 7.18. The molecule has 0 aliphatic carbocycles. The van der Waals surface area contributed by atoms with E-state index in [2.05, 4.69) is 10.0 Å². The van der Waals surface area contributed by atoms with E-state index >= 15 is 0 Å². The first kappa shape index (κ1) is 18.3. The van der Waals surface area contributed by atoms with Crippen LogP contribution in [0.2, 0.25) is 5.02 Å². The van der Waals surface area contributed by atoms with Gasteiger partial charge < -0.3 is 10.1 Å². The Balaban J connectivity index is 1.95. The van der Waals surface area contributed by atoms with Gasteiger partial charge in [-0.2, -0.15) is 0 Å². The fourth-order valence-electron chi connectivity index (χ4n) is 1.90. The number of amides is 1. The van der Waals surface area contributed by atoms with Crippen molar-refractivity contribution in [3.8, 4) is 5.75 Å². The van der Waals surface area contributed by atoms with Crippen molar-refractivity contribution in [2.45, 2.75) is 11.8 Å². The highest BCUT2D eigenvalue weighted by atomic mass is 35.5. The number of benzene rings is 2. The van der Waals surface area contributed by atoms with Gasteiger partial charge in [0.1, 0.15) is 5.75 Å². The van der Waals surface area contributed by atoms with Crippen LogP contribution >= 0.6 is 11.6 Å². The number of nitrogens with one attached hydrogen (secondary N) is 2. The van der Waals surface area contributed by atoms with Crippen molar-refractivity contribution in [1.82, 2.24) is 4.72 Å². The summed E-state index contributed by atoms with van der Waals surface area (Å²) < 4.78 is 31.8. The van der Waals surface area contributed by atoms with Crippen LogP contribution in [0.3, 0.4) is 0 Å². The normalized spacial score (nSPS) is 11.1. The maximum absolute atomic E-state index is 12.2. The van der Waals surface area contributed by atoms with E-state index in [1.165, 1.54) is 12.1 Å². The van der Waals surface area contributed by atoms with E-state index in [0.29, 0.717) is 23.1 Å². The number of carbonyl (C=O) groups excluding carboxylic acids is 1. The Morgan fingerprint density at radius 3 is 2.50 bits per heavy atom. The molecule has 24 heavy (non-hydrogen) atoms. The minimum atomic E-state index is -3.78. The van der Waals surface area contributed by atoms with Gasteiger partial charge >= 0.3 is 0 Å². The first-order valence-corrected chi connectivity index (χ1v) is 9.05. The van der Waals surface area contributed by atoms with Gasteiger partial charge in [-0.3, -0.25) is 4.79 Å². The molecule has 2 aromatic rings. The quantitative estimate of drug-likeness (QED) is 0.786. The number of sulfonamides is 1. The average molecular weight is 369 g/mol. The molecule has 2 rings (SSSR count). The maximum Gasteiger partial charge on any atom is 0.241 e. The molecule has 0 heterocycles. The largest absolute Gasteiger partial charge is 0.494 e. The van der Waals surface area contributed by atoms with Crippen molar-refractivity contribution in [3.05, 3.63) is 53.6 Å². The zero-order valence-corrected chi connectivity index (χ0v) is 14.5. The van der Waals surface area contributed by atoms with Crippen molar-refractivity contribution in [1.29, 1.82) is 0 Å². The topological polar surface area (TPSA) is 84.5 Å². The zero-order valence-electron chi connectivity index (χ0n) is 13.0. The third-order valence-electron chi connectivity index (χ3n) is 2.98. The molecule has 1 amide bonds. The summed E-state index contributed by atoms with van der Waals surface area (Å²) in [7, 11) is -3.78. The van der Waals surface area contributed by atoms with Gasteiger partial charge in [0.15, 0.2) is 0 Å². The van der Waals surface area contributed by atoms with E-state index < -0.39 is 15.9 Å². The Morgan fingerprint density at radius 1 is 1.17 bits per heavy atom. The molecule has 2 N–H and O–H groups in total. The van der Waals surface area contributed by atoms with Gasteiger partial charge in [0.2, 0.25) is 15.9 Å². The molecular weight excluding hydrogens is 352 g/mol. The van der Waals surface area contributed by atoms with Crippen LogP contribution in [0, 0.1) is 0 Å². The van der Waals surface area contributed by atoms with Crippen LogP contribution in [-0.2, 0) is 14.8 Å². The molecule has 0 aliphatic rings. The average Bonchev–Trinajstić information content (AvgIpc) is 2.54. The molecule has 6 nitrogen and oxygen atoms in total. The van der Waals surface area contributed by atoms with Gasteiger partial charge in [0.05, 0.1) is 18.0 Å². The summed E-state index contributed by atoms with van der Waals surface area (Å²) in [6.45, 7) is 1.95. The molecule has 0 unspecified atom stereocenters. The smallest absolute Gasteiger partial charge is 0.241 e. The standard InChI is InChI=1S/C16H17ClN2O4S/c1-2-23-14-6-8-15(9-7-14)24(21,22)18-11-16(20)19-13-5-3-4-12(17)10-13/h3-10,18H,2,11H2,1H3,(H,19,20).